The van der Waals surface area contributed by atoms with Crippen LogP contribution in [0.25, 0.3) is 0 Å². The zero-order valence-corrected chi connectivity index (χ0v) is 12.2. The number of carbonyl (C=O) groups excluding carboxylic acids is 1. The van der Waals surface area contributed by atoms with Crippen molar-refractivity contribution in [3.63, 3.8) is 0 Å². The lowest BCUT2D eigenvalue weighted by atomic mass is 9.99. The van der Waals surface area contributed by atoms with Gasteiger partial charge in [0.25, 0.3) is 10.1 Å². The maximum atomic E-state index is 11.9. The molecule has 0 aromatic carbocycles. The van der Waals surface area contributed by atoms with E-state index in [1.54, 1.807) is 6.92 Å². The van der Waals surface area contributed by atoms with Gasteiger partial charge in [0, 0.05) is 6.54 Å². The lowest BCUT2D eigenvalue weighted by Crippen LogP contribution is -2.50. The molecule has 20 heavy (non-hydrogen) atoms. The van der Waals surface area contributed by atoms with Crippen LogP contribution in [0.5, 0.6) is 0 Å². The van der Waals surface area contributed by atoms with Gasteiger partial charge >= 0.3 is 5.97 Å². The fourth-order valence-corrected chi connectivity index (χ4v) is 2.81. The molecule has 1 amide bonds. The minimum absolute atomic E-state index is 0.0298. The zero-order chi connectivity index (χ0) is 15.5. The highest BCUT2D eigenvalue weighted by atomic mass is 32.2. The maximum absolute atomic E-state index is 11.9. The predicted octanol–water partition coefficient (Wildman–Crippen LogP) is -0.780. The van der Waals surface area contributed by atoms with Gasteiger partial charge in [-0.2, -0.15) is 8.42 Å². The predicted molar refractivity (Wildman–Crippen MR) is 70.8 cm³/mol. The fourth-order valence-electron chi connectivity index (χ4n) is 2.07. The molecule has 1 rings (SSSR count). The number of carboxylic acids is 1. The molecule has 8 nitrogen and oxygen atoms in total. The smallest absolute Gasteiger partial charge is 0.326 e. The molecule has 1 aliphatic rings. The molecule has 0 aromatic heterocycles. The number of rotatable bonds is 6. The molecule has 9 heteroatoms. The van der Waals surface area contributed by atoms with Crippen molar-refractivity contribution in [3.05, 3.63) is 0 Å². The lowest BCUT2D eigenvalue weighted by Gasteiger charge is -2.22. The van der Waals surface area contributed by atoms with Gasteiger partial charge in [0.1, 0.15) is 11.3 Å². The van der Waals surface area contributed by atoms with Crippen LogP contribution in [-0.2, 0) is 19.7 Å². The van der Waals surface area contributed by atoms with Crippen LogP contribution in [-0.4, -0.2) is 53.8 Å². The summed E-state index contributed by atoms with van der Waals surface area (Å²) >= 11 is 0. The van der Waals surface area contributed by atoms with Gasteiger partial charge in [-0.3, -0.25) is 9.35 Å². The standard InChI is InChI=1S/C11H20N2O6S/c1-3-6(2)9(11(15)16)13-10(14)8-4-7(5-12-8)20(17,18)19/h6-9,12H,3-5H2,1-2H3,(H,13,14)(H,15,16)(H,17,18,19)/t6-,7-,8+,9-/m0/s1. The van der Waals surface area contributed by atoms with E-state index < -0.39 is 39.3 Å². The van der Waals surface area contributed by atoms with Crippen LogP contribution in [0.1, 0.15) is 26.7 Å². The van der Waals surface area contributed by atoms with Crippen LogP contribution < -0.4 is 10.6 Å². The van der Waals surface area contributed by atoms with Gasteiger partial charge in [-0.05, 0) is 12.3 Å². The molecule has 1 aliphatic heterocycles. The maximum Gasteiger partial charge on any atom is 0.326 e. The van der Waals surface area contributed by atoms with Crippen LogP contribution in [0.4, 0.5) is 0 Å². The lowest BCUT2D eigenvalue weighted by molar-refractivity contribution is -0.143. The molecule has 0 bridgehead atoms. The van der Waals surface area contributed by atoms with Crippen molar-refractivity contribution < 1.29 is 27.7 Å². The van der Waals surface area contributed by atoms with Gasteiger partial charge < -0.3 is 15.7 Å². The fraction of sp³-hybridized carbons (Fsp3) is 0.818. The molecule has 4 atom stereocenters. The largest absolute Gasteiger partial charge is 0.480 e. The van der Waals surface area contributed by atoms with Gasteiger partial charge in [0.2, 0.25) is 5.91 Å². The molecular weight excluding hydrogens is 288 g/mol. The van der Waals surface area contributed by atoms with Crippen molar-refractivity contribution in [2.45, 2.75) is 44.0 Å². The van der Waals surface area contributed by atoms with Crippen molar-refractivity contribution in [1.29, 1.82) is 0 Å². The van der Waals surface area contributed by atoms with Crippen molar-refractivity contribution in [3.8, 4) is 0 Å². The summed E-state index contributed by atoms with van der Waals surface area (Å²) in [5.74, 6) is -1.93. The third kappa shape index (κ3) is 4.15. The molecule has 0 aromatic rings. The second-order valence-corrected chi connectivity index (χ2v) is 6.74. The molecule has 116 valence electrons. The SMILES string of the molecule is CC[C@H](C)[C@H](NC(=O)[C@H]1C[C@H](S(=O)(=O)O)CN1)C(=O)O. The van der Waals surface area contributed by atoms with Gasteiger partial charge in [-0.25, -0.2) is 4.79 Å². The van der Waals surface area contributed by atoms with Crippen LogP contribution in [0.3, 0.4) is 0 Å². The molecule has 0 unspecified atom stereocenters. The summed E-state index contributed by atoms with van der Waals surface area (Å²) in [4.78, 5) is 23.0. The monoisotopic (exact) mass is 308 g/mol. The molecular formula is C11H20N2O6S. The molecule has 0 aliphatic carbocycles. The van der Waals surface area contributed by atoms with Crippen LogP contribution in [0.2, 0.25) is 0 Å². The third-order valence-electron chi connectivity index (χ3n) is 3.61. The molecule has 1 saturated heterocycles. The normalized spacial score (nSPS) is 25.9. The van der Waals surface area contributed by atoms with Crippen LogP contribution in [0.15, 0.2) is 0 Å². The Labute approximate surface area is 117 Å². The van der Waals surface area contributed by atoms with Gasteiger partial charge in [0.05, 0.1) is 6.04 Å². The highest BCUT2D eigenvalue weighted by Crippen LogP contribution is 2.15. The van der Waals surface area contributed by atoms with E-state index in [2.05, 4.69) is 10.6 Å². The first-order chi connectivity index (χ1) is 9.16. The number of nitrogens with one attached hydrogen (secondary N) is 2. The summed E-state index contributed by atoms with van der Waals surface area (Å²) in [6.07, 6.45) is 0.514. The van der Waals surface area contributed by atoms with Crippen molar-refractivity contribution in [1.82, 2.24) is 10.6 Å². The van der Waals surface area contributed by atoms with E-state index in [4.69, 9.17) is 9.66 Å². The molecule has 0 saturated carbocycles. The summed E-state index contributed by atoms with van der Waals surface area (Å²) in [6, 6.07) is -1.83. The first-order valence-corrected chi connectivity index (χ1v) is 7.90. The van der Waals surface area contributed by atoms with Crippen LogP contribution in [0, 0.1) is 5.92 Å². The topological polar surface area (TPSA) is 133 Å². The highest BCUT2D eigenvalue weighted by Gasteiger charge is 2.37. The Bertz CT molecular complexity index is 477. The summed E-state index contributed by atoms with van der Waals surface area (Å²) in [5, 5.41) is 13.1. The number of amides is 1. The minimum atomic E-state index is -4.19. The molecule has 0 radical (unpaired) electrons. The van der Waals surface area contributed by atoms with E-state index in [-0.39, 0.29) is 18.9 Å². The molecule has 4 N–H and O–H groups in total. The number of hydrogen-bond acceptors (Lipinski definition) is 5. The number of carbonyl (C=O) groups is 2. The molecule has 1 heterocycles. The Hall–Kier alpha value is -1.19. The second kappa shape index (κ2) is 6.51. The van der Waals surface area contributed by atoms with Crippen molar-refractivity contribution in [2.24, 2.45) is 5.92 Å². The highest BCUT2D eigenvalue weighted by molar-refractivity contribution is 7.86. The summed E-state index contributed by atoms with van der Waals surface area (Å²) in [5.41, 5.74) is 0. The summed E-state index contributed by atoms with van der Waals surface area (Å²) in [7, 11) is -4.19. The number of aliphatic carboxylic acids is 1. The first kappa shape index (κ1) is 16.9. The van der Waals surface area contributed by atoms with Gasteiger partial charge in [-0.15, -0.1) is 0 Å². The van der Waals surface area contributed by atoms with E-state index in [1.165, 1.54) is 0 Å². The Morgan fingerprint density at radius 1 is 1.45 bits per heavy atom. The molecule has 1 fully saturated rings. The molecule has 0 spiro atoms. The first-order valence-electron chi connectivity index (χ1n) is 6.39. The van der Waals surface area contributed by atoms with Crippen molar-refractivity contribution >= 4 is 22.0 Å². The van der Waals surface area contributed by atoms with Crippen molar-refractivity contribution in [2.75, 3.05) is 6.54 Å². The number of hydrogen-bond donors (Lipinski definition) is 4. The Kier molecular flexibility index (Phi) is 5.49. The third-order valence-corrected chi connectivity index (χ3v) is 4.81. The number of carboxylic acid groups (broad SMARTS) is 1. The Morgan fingerprint density at radius 2 is 2.05 bits per heavy atom. The van der Waals surface area contributed by atoms with E-state index in [1.807, 2.05) is 6.92 Å². The average molecular weight is 308 g/mol. The quantitative estimate of drug-likeness (QED) is 0.473. The van der Waals surface area contributed by atoms with Crippen LogP contribution >= 0.6 is 0 Å². The second-order valence-electron chi connectivity index (χ2n) is 5.04. The Morgan fingerprint density at radius 3 is 2.45 bits per heavy atom. The average Bonchev–Trinajstić information content (AvgIpc) is 2.83. The van der Waals surface area contributed by atoms with Gasteiger partial charge in [0.15, 0.2) is 0 Å². The zero-order valence-electron chi connectivity index (χ0n) is 11.4. The Balaban J connectivity index is 2.65. The van der Waals surface area contributed by atoms with E-state index in [9.17, 15) is 18.0 Å². The summed E-state index contributed by atoms with van der Waals surface area (Å²) < 4.78 is 30.9. The minimum Gasteiger partial charge on any atom is -0.480 e. The van der Waals surface area contributed by atoms with E-state index >= 15 is 0 Å². The van der Waals surface area contributed by atoms with Gasteiger partial charge in [-0.1, -0.05) is 20.3 Å². The van der Waals surface area contributed by atoms with E-state index in [0.29, 0.717) is 6.42 Å². The summed E-state index contributed by atoms with van der Waals surface area (Å²) in [6.45, 7) is 3.50. The van der Waals surface area contributed by atoms with E-state index in [0.717, 1.165) is 0 Å².